The molecule has 0 N–H and O–H groups in total. The summed E-state index contributed by atoms with van der Waals surface area (Å²) in [6.07, 6.45) is 10.8. The molecule has 180 valence electrons. The first kappa shape index (κ1) is 26.5. The molecule has 0 unspecified atom stereocenters. The van der Waals surface area contributed by atoms with Gasteiger partial charge in [0.1, 0.15) is 25.2 Å². The van der Waals surface area contributed by atoms with E-state index in [-0.39, 0.29) is 0 Å². The van der Waals surface area contributed by atoms with Crippen molar-refractivity contribution in [3.05, 3.63) is 70.8 Å². The Morgan fingerprint density at radius 3 is 2.27 bits per heavy atom. The van der Waals surface area contributed by atoms with Gasteiger partial charge in [-0.25, -0.2) is 0 Å². The van der Waals surface area contributed by atoms with Gasteiger partial charge in [-0.1, -0.05) is 41.6 Å². The number of aryl methyl sites for hydroxylation is 3. The van der Waals surface area contributed by atoms with Crippen molar-refractivity contribution in [1.82, 2.24) is 0 Å². The summed E-state index contributed by atoms with van der Waals surface area (Å²) in [6.45, 7) is 8.87. The quantitative estimate of drug-likeness (QED) is 0.124. The molecule has 0 atom stereocenters. The summed E-state index contributed by atoms with van der Waals surface area (Å²) in [7, 11) is 1.56. The predicted octanol–water partition coefficient (Wildman–Crippen LogP) is 6.59. The summed E-state index contributed by atoms with van der Waals surface area (Å²) in [5.41, 5.74) is 4.73. The second-order valence-electron chi connectivity index (χ2n) is 8.05. The van der Waals surface area contributed by atoms with E-state index in [0.29, 0.717) is 13.2 Å². The van der Waals surface area contributed by atoms with Gasteiger partial charge in [-0.3, -0.25) is 0 Å². The van der Waals surface area contributed by atoms with Crippen molar-refractivity contribution >= 4 is 6.21 Å². The number of oxime groups is 1. The highest BCUT2D eigenvalue weighted by atomic mass is 16.6. The highest BCUT2D eigenvalue weighted by molar-refractivity contribution is 5.56. The smallest absolute Gasteiger partial charge is 0.125 e. The van der Waals surface area contributed by atoms with Gasteiger partial charge in [-0.2, -0.15) is 0 Å². The van der Waals surface area contributed by atoms with Gasteiger partial charge < -0.3 is 19.0 Å². The topological polar surface area (TPSA) is 49.3 Å². The van der Waals surface area contributed by atoms with Crippen LogP contribution in [0.1, 0.15) is 54.9 Å². The maximum atomic E-state index is 6.05. The Morgan fingerprint density at radius 1 is 0.879 bits per heavy atom. The molecular formula is C28H39NO4. The first-order valence-corrected chi connectivity index (χ1v) is 11.8. The maximum Gasteiger partial charge on any atom is 0.125 e. The van der Waals surface area contributed by atoms with Gasteiger partial charge in [0.05, 0.1) is 13.2 Å². The Hall–Kier alpha value is -2.79. The van der Waals surface area contributed by atoms with Crippen LogP contribution in [0.4, 0.5) is 0 Å². The van der Waals surface area contributed by atoms with Crippen LogP contribution < -0.4 is 9.47 Å². The van der Waals surface area contributed by atoms with Gasteiger partial charge in [0.2, 0.25) is 0 Å². The molecule has 0 aromatic heterocycles. The van der Waals surface area contributed by atoms with Gasteiger partial charge in [-0.15, -0.1) is 0 Å². The van der Waals surface area contributed by atoms with Gasteiger partial charge >= 0.3 is 0 Å². The minimum absolute atomic E-state index is 0.591. The molecule has 2 aromatic carbocycles. The van der Waals surface area contributed by atoms with E-state index in [2.05, 4.69) is 48.1 Å². The molecule has 0 amide bonds. The zero-order valence-electron chi connectivity index (χ0n) is 20.6. The lowest BCUT2D eigenvalue weighted by Gasteiger charge is -2.14. The monoisotopic (exact) mass is 453 g/mol. The molecule has 0 aliphatic carbocycles. The molecule has 0 aliphatic rings. The number of benzene rings is 2. The summed E-state index contributed by atoms with van der Waals surface area (Å²) >= 11 is 0. The fraction of sp³-hybridized carbons (Fsp3) is 0.464. The standard InChI is InChI=1S/C28H39NO4/c1-5-6-18-32-27-20-23(2)28(24(3)21-27)33-19-9-7-8-17-31-22-26-14-12-25(13-15-26)11-10-16-29-30-4/h5-6,12-16,20-21H,7-11,17-19,22H2,1-4H3/b6-5+,29-16+. The van der Waals surface area contributed by atoms with Crippen LogP contribution in [0.5, 0.6) is 11.5 Å². The van der Waals surface area contributed by atoms with Crippen LogP contribution in [0.2, 0.25) is 0 Å². The molecule has 0 spiro atoms. The number of ether oxygens (including phenoxy) is 3. The Morgan fingerprint density at radius 2 is 1.58 bits per heavy atom. The van der Waals surface area contributed by atoms with E-state index < -0.39 is 0 Å². The minimum Gasteiger partial charge on any atom is -0.493 e. The number of nitrogens with zero attached hydrogens (tertiary/aromatic N) is 1. The number of hydrogen-bond donors (Lipinski definition) is 0. The van der Waals surface area contributed by atoms with Gasteiger partial charge in [0.25, 0.3) is 0 Å². The van der Waals surface area contributed by atoms with Crippen molar-refractivity contribution in [2.45, 2.75) is 59.5 Å². The Kier molecular flexibility index (Phi) is 12.8. The SMILES string of the molecule is C/C=C/COc1cc(C)c(OCCCCCOCc2ccc(CC/C=N/OC)cc2)c(C)c1. The maximum absolute atomic E-state index is 6.05. The van der Waals surface area contributed by atoms with E-state index >= 15 is 0 Å². The third-order valence-corrected chi connectivity index (χ3v) is 5.23. The average molecular weight is 454 g/mol. The summed E-state index contributed by atoms with van der Waals surface area (Å²) in [5.74, 6) is 1.86. The predicted molar refractivity (Wildman–Crippen MR) is 135 cm³/mol. The van der Waals surface area contributed by atoms with Gasteiger partial charge in [-0.05, 0) is 87.3 Å². The summed E-state index contributed by atoms with van der Waals surface area (Å²) in [6, 6.07) is 12.7. The summed E-state index contributed by atoms with van der Waals surface area (Å²) in [4.78, 5) is 4.67. The second-order valence-corrected chi connectivity index (χ2v) is 8.05. The molecule has 2 rings (SSSR count). The Bertz CT molecular complexity index is 836. The molecule has 0 saturated heterocycles. The van der Waals surface area contributed by atoms with Crippen molar-refractivity contribution in [3.63, 3.8) is 0 Å². The molecule has 0 radical (unpaired) electrons. The first-order valence-electron chi connectivity index (χ1n) is 11.8. The summed E-state index contributed by atoms with van der Waals surface area (Å²) < 4.78 is 17.6. The summed E-state index contributed by atoms with van der Waals surface area (Å²) in [5, 5.41) is 3.76. The lowest BCUT2D eigenvalue weighted by Crippen LogP contribution is -2.03. The van der Waals surface area contributed by atoms with Crippen LogP contribution in [-0.2, 0) is 22.6 Å². The van der Waals surface area contributed by atoms with Crippen LogP contribution in [0.25, 0.3) is 0 Å². The molecule has 0 bridgehead atoms. The largest absolute Gasteiger partial charge is 0.493 e. The minimum atomic E-state index is 0.591. The van der Waals surface area contributed by atoms with E-state index in [0.717, 1.165) is 67.9 Å². The van der Waals surface area contributed by atoms with Crippen LogP contribution in [-0.4, -0.2) is 33.1 Å². The van der Waals surface area contributed by atoms with E-state index in [1.807, 2.05) is 31.2 Å². The normalized spacial score (nSPS) is 11.4. The van der Waals surface area contributed by atoms with Crippen LogP contribution in [0.3, 0.4) is 0 Å². The van der Waals surface area contributed by atoms with Crippen LogP contribution in [0, 0.1) is 13.8 Å². The van der Waals surface area contributed by atoms with E-state index in [9.17, 15) is 0 Å². The third-order valence-electron chi connectivity index (χ3n) is 5.23. The molecule has 0 heterocycles. The van der Waals surface area contributed by atoms with Gasteiger partial charge in [0, 0.05) is 12.8 Å². The fourth-order valence-electron chi connectivity index (χ4n) is 3.47. The molecule has 0 fully saturated rings. The zero-order valence-corrected chi connectivity index (χ0v) is 20.6. The second kappa shape index (κ2) is 15.9. The van der Waals surface area contributed by atoms with E-state index in [1.54, 1.807) is 13.3 Å². The highest BCUT2D eigenvalue weighted by Crippen LogP contribution is 2.28. The molecule has 0 saturated carbocycles. The van der Waals surface area contributed by atoms with Crippen molar-refractivity contribution < 1.29 is 19.0 Å². The molecule has 2 aromatic rings. The number of unbranched alkanes of at least 4 members (excludes halogenated alkanes) is 2. The Labute approximate surface area is 199 Å². The van der Waals surface area contributed by atoms with Crippen molar-refractivity contribution in [2.75, 3.05) is 26.9 Å². The molecule has 0 aliphatic heterocycles. The molecule has 5 nitrogen and oxygen atoms in total. The molecular weight excluding hydrogens is 414 g/mol. The molecule has 33 heavy (non-hydrogen) atoms. The number of rotatable bonds is 16. The Balaban J connectivity index is 1.57. The first-order chi connectivity index (χ1) is 16.1. The number of allylic oxidation sites excluding steroid dienone is 1. The van der Waals surface area contributed by atoms with Crippen molar-refractivity contribution in [3.8, 4) is 11.5 Å². The van der Waals surface area contributed by atoms with E-state index in [4.69, 9.17) is 14.2 Å². The lowest BCUT2D eigenvalue weighted by molar-refractivity contribution is 0.116. The van der Waals surface area contributed by atoms with Crippen molar-refractivity contribution in [1.29, 1.82) is 0 Å². The zero-order chi connectivity index (χ0) is 23.7. The average Bonchev–Trinajstić information content (AvgIpc) is 2.81. The third kappa shape index (κ3) is 10.6. The molecule has 5 heteroatoms. The highest BCUT2D eigenvalue weighted by Gasteiger charge is 2.07. The van der Waals surface area contributed by atoms with Crippen LogP contribution in [0.15, 0.2) is 53.7 Å². The van der Waals surface area contributed by atoms with E-state index in [1.165, 1.54) is 11.1 Å². The lowest BCUT2D eigenvalue weighted by atomic mass is 10.1. The van der Waals surface area contributed by atoms with Crippen molar-refractivity contribution in [2.24, 2.45) is 5.16 Å². The van der Waals surface area contributed by atoms with Crippen LogP contribution >= 0.6 is 0 Å². The number of hydrogen-bond acceptors (Lipinski definition) is 5. The van der Waals surface area contributed by atoms with Gasteiger partial charge in [0.15, 0.2) is 0 Å². The fourth-order valence-corrected chi connectivity index (χ4v) is 3.47.